The van der Waals surface area contributed by atoms with E-state index in [1.54, 1.807) is 0 Å². The minimum atomic E-state index is 0.529. The summed E-state index contributed by atoms with van der Waals surface area (Å²) in [6, 6.07) is 73.2. The molecule has 1 aliphatic heterocycles. The molecule has 6 heteroatoms. The second-order valence-corrected chi connectivity index (χ2v) is 14.9. The molecule has 0 N–H and O–H groups in total. The Bertz CT molecular complexity index is 2900. The van der Waals surface area contributed by atoms with E-state index in [0.29, 0.717) is 34.6 Å². The lowest BCUT2D eigenvalue weighted by molar-refractivity contribution is 0.472. The second-order valence-electron chi connectivity index (χ2n) is 14.9. The number of ether oxygens (including phenoxy) is 2. The number of rotatable bonds is 6. The lowest BCUT2D eigenvalue weighted by atomic mass is 9.91. The molecule has 0 fully saturated rings. The summed E-state index contributed by atoms with van der Waals surface area (Å²) in [6.45, 7) is 0. The number of para-hydroxylation sites is 2. The van der Waals surface area contributed by atoms with Gasteiger partial charge in [0.1, 0.15) is 23.0 Å². The summed E-state index contributed by atoms with van der Waals surface area (Å²) in [5.74, 6) is 3.62. The summed E-state index contributed by atoms with van der Waals surface area (Å²) in [5, 5.41) is 0. The number of hydrogen-bond acceptors (Lipinski definition) is 6. The minimum absolute atomic E-state index is 0.529. The molecule has 0 saturated heterocycles. The van der Waals surface area contributed by atoms with E-state index >= 15 is 0 Å². The monoisotopic (exact) mass is 796 g/mol. The van der Waals surface area contributed by atoms with Crippen LogP contribution in [-0.4, -0.2) is 19.9 Å². The van der Waals surface area contributed by atoms with Crippen LogP contribution in [0.1, 0.15) is 0 Å². The summed E-state index contributed by atoms with van der Waals surface area (Å²) in [6.07, 6.45) is 0. The molecule has 3 heterocycles. The molecule has 0 unspecified atom stereocenters. The predicted molar refractivity (Wildman–Crippen MR) is 248 cm³/mol. The normalized spacial score (nSPS) is 11.5. The van der Waals surface area contributed by atoms with Crippen LogP contribution in [0, 0.1) is 0 Å². The highest BCUT2D eigenvalue weighted by molar-refractivity contribution is 5.97. The zero-order chi connectivity index (χ0) is 41.2. The van der Waals surface area contributed by atoms with Gasteiger partial charge in [-0.05, 0) is 36.4 Å². The number of benzene rings is 8. The van der Waals surface area contributed by atoms with Gasteiger partial charge in [-0.1, -0.05) is 182 Å². The van der Waals surface area contributed by atoms with Crippen molar-refractivity contribution < 1.29 is 9.47 Å². The highest BCUT2D eigenvalue weighted by atomic mass is 16.5. The molecule has 10 aromatic rings. The highest BCUT2D eigenvalue weighted by Gasteiger charge is 2.28. The minimum Gasteiger partial charge on any atom is -0.456 e. The SMILES string of the molecule is c1ccc(-c2cc(-c3ccccc3)nc(-c3cccc4c3-c3c(cccc3-c3nc(-c5ccccc5)cc(-c5ccccc5)n3)Oc3ccccc3-c3ccccc3O4)n2)cc1. The van der Waals surface area contributed by atoms with E-state index in [1.165, 1.54) is 0 Å². The van der Waals surface area contributed by atoms with Gasteiger partial charge in [0.15, 0.2) is 11.6 Å². The van der Waals surface area contributed by atoms with Crippen LogP contribution in [0.15, 0.2) is 218 Å². The first-order valence-corrected chi connectivity index (χ1v) is 20.5. The van der Waals surface area contributed by atoms with Gasteiger partial charge in [-0.2, -0.15) is 0 Å². The third-order valence-corrected chi connectivity index (χ3v) is 11.0. The van der Waals surface area contributed by atoms with Gasteiger partial charge in [0.05, 0.1) is 22.8 Å². The van der Waals surface area contributed by atoms with Crippen LogP contribution in [0.2, 0.25) is 0 Å². The van der Waals surface area contributed by atoms with Gasteiger partial charge < -0.3 is 9.47 Å². The lowest BCUT2D eigenvalue weighted by Gasteiger charge is -2.24. The Morgan fingerprint density at radius 2 is 0.516 bits per heavy atom. The van der Waals surface area contributed by atoms with Gasteiger partial charge in [-0.25, -0.2) is 19.9 Å². The summed E-state index contributed by atoms with van der Waals surface area (Å²) in [4.78, 5) is 21.3. The Hall–Kier alpha value is -8.48. The molecular weight excluding hydrogens is 761 g/mol. The standard InChI is InChI=1S/C56H36N4O2/c1-5-19-37(20-6-1)45-35-46(38-21-7-2-8-22-38)58-55(57-45)43-29-17-33-51-53(43)54-44(56-59-47(39-23-9-3-10-24-39)36-48(60-56)40-25-11-4-12-26-40)30-18-34-52(54)62-50-32-16-14-28-42(50)41-27-13-15-31-49(41)61-51/h1-36H. The topological polar surface area (TPSA) is 70.0 Å². The third kappa shape index (κ3) is 6.95. The first kappa shape index (κ1) is 36.6. The molecular formula is C56H36N4O2. The van der Waals surface area contributed by atoms with E-state index in [1.807, 2.05) is 133 Å². The van der Waals surface area contributed by atoms with Crippen LogP contribution < -0.4 is 9.47 Å². The van der Waals surface area contributed by atoms with E-state index in [0.717, 1.165) is 78.4 Å². The maximum atomic E-state index is 7.15. The van der Waals surface area contributed by atoms with Gasteiger partial charge in [-0.15, -0.1) is 0 Å². The van der Waals surface area contributed by atoms with Crippen molar-refractivity contribution in [1.82, 2.24) is 19.9 Å². The Balaban J connectivity index is 1.23. The van der Waals surface area contributed by atoms with Crippen LogP contribution in [0.5, 0.6) is 23.0 Å². The van der Waals surface area contributed by atoms with E-state index < -0.39 is 0 Å². The molecule has 8 aromatic carbocycles. The van der Waals surface area contributed by atoms with Crippen LogP contribution in [-0.2, 0) is 0 Å². The van der Waals surface area contributed by atoms with Crippen LogP contribution >= 0.6 is 0 Å². The first-order chi connectivity index (χ1) is 30.7. The molecule has 292 valence electrons. The van der Waals surface area contributed by atoms with Crippen molar-refractivity contribution in [2.24, 2.45) is 0 Å². The highest BCUT2D eigenvalue weighted by Crippen LogP contribution is 2.52. The molecule has 0 radical (unpaired) electrons. The van der Waals surface area contributed by atoms with Crippen LogP contribution in [0.3, 0.4) is 0 Å². The average molecular weight is 797 g/mol. The molecule has 6 nitrogen and oxygen atoms in total. The number of fused-ring (bicyclic) bond motifs is 6. The van der Waals surface area contributed by atoms with Crippen LogP contribution in [0.4, 0.5) is 0 Å². The Kier molecular flexibility index (Phi) is 9.41. The molecule has 0 bridgehead atoms. The molecule has 62 heavy (non-hydrogen) atoms. The van der Waals surface area contributed by atoms with Gasteiger partial charge in [0, 0.05) is 55.6 Å². The number of hydrogen-bond donors (Lipinski definition) is 0. The van der Waals surface area contributed by atoms with Gasteiger partial charge in [0.2, 0.25) is 0 Å². The number of aromatic nitrogens is 4. The third-order valence-electron chi connectivity index (χ3n) is 11.0. The molecule has 11 rings (SSSR count). The van der Waals surface area contributed by atoms with Crippen molar-refractivity contribution in [3.05, 3.63) is 218 Å². The van der Waals surface area contributed by atoms with E-state index in [-0.39, 0.29) is 0 Å². The van der Waals surface area contributed by atoms with Crippen molar-refractivity contribution in [2.75, 3.05) is 0 Å². The fraction of sp³-hybridized carbons (Fsp3) is 0. The number of nitrogens with zero attached hydrogens (tertiary/aromatic N) is 4. The molecule has 0 atom stereocenters. The Morgan fingerprint density at radius 3 is 0.855 bits per heavy atom. The van der Waals surface area contributed by atoms with Crippen molar-refractivity contribution in [3.8, 4) is 113 Å². The Labute approximate surface area is 359 Å². The predicted octanol–water partition coefficient (Wildman–Crippen LogP) is 14.5. The summed E-state index contributed by atoms with van der Waals surface area (Å²) < 4.78 is 14.3. The van der Waals surface area contributed by atoms with Gasteiger partial charge in [-0.3, -0.25) is 0 Å². The fourth-order valence-corrected chi connectivity index (χ4v) is 8.08. The summed E-state index contributed by atoms with van der Waals surface area (Å²) in [5.41, 5.74) is 11.9. The van der Waals surface area contributed by atoms with E-state index in [2.05, 4.69) is 84.9 Å². The van der Waals surface area contributed by atoms with Crippen LogP contribution in [0.25, 0.3) is 90.1 Å². The van der Waals surface area contributed by atoms with Crippen molar-refractivity contribution >= 4 is 0 Å². The molecule has 0 spiro atoms. The lowest BCUT2D eigenvalue weighted by Crippen LogP contribution is -2.03. The molecule has 2 aromatic heterocycles. The van der Waals surface area contributed by atoms with Crippen molar-refractivity contribution in [2.45, 2.75) is 0 Å². The molecule has 0 amide bonds. The molecule has 0 aliphatic carbocycles. The van der Waals surface area contributed by atoms with Gasteiger partial charge in [0.25, 0.3) is 0 Å². The second kappa shape index (κ2) is 15.9. The zero-order valence-electron chi connectivity index (χ0n) is 33.4. The quantitative estimate of drug-likeness (QED) is 0.167. The maximum absolute atomic E-state index is 7.15. The molecule has 1 aliphatic rings. The maximum Gasteiger partial charge on any atom is 0.161 e. The van der Waals surface area contributed by atoms with E-state index in [4.69, 9.17) is 29.4 Å². The van der Waals surface area contributed by atoms with Gasteiger partial charge >= 0.3 is 0 Å². The summed E-state index contributed by atoms with van der Waals surface area (Å²) >= 11 is 0. The Morgan fingerprint density at radius 1 is 0.242 bits per heavy atom. The van der Waals surface area contributed by atoms with Crippen molar-refractivity contribution in [3.63, 3.8) is 0 Å². The van der Waals surface area contributed by atoms with E-state index in [9.17, 15) is 0 Å². The largest absolute Gasteiger partial charge is 0.456 e. The smallest absolute Gasteiger partial charge is 0.161 e. The van der Waals surface area contributed by atoms with Crippen molar-refractivity contribution in [1.29, 1.82) is 0 Å². The first-order valence-electron chi connectivity index (χ1n) is 20.5. The zero-order valence-corrected chi connectivity index (χ0v) is 33.4. The average Bonchev–Trinajstić information content (AvgIpc) is 3.35. The fourth-order valence-electron chi connectivity index (χ4n) is 8.08. The summed E-state index contributed by atoms with van der Waals surface area (Å²) in [7, 11) is 0. The molecule has 0 saturated carbocycles.